The molecule has 104 valence electrons. The predicted molar refractivity (Wildman–Crippen MR) is 76.1 cm³/mol. The number of rotatable bonds is 5. The monoisotopic (exact) mass is 327 g/mol. The van der Waals surface area contributed by atoms with E-state index in [0.29, 0.717) is 13.0 Å². The highest BCUT2D eigenvalue weighted by atomic mass is 79.9. The molecule has 1 aliphatic heterocycles. The zero-order valence-corrected chi connectivity index (χ0v) is 12.3. The number of aliphatic hydroxyl groups is 1. The summed E-state index contributed by atoms with van der Waals surface area (Å²) in [7, 11) is 0. The van der Waals surface area contributed by atoms with Gasteiger partial charge in [0.05, 0.1) is 25.7 Å². The molecule has 1 N–H and O–H groups in total. The number of aliphatic hydroxyl groups excluding tert-OH is 1. The van der Waals surface area contributed by atoms with Crippen LogP contribution in [-0.4, -0.2) is 41.7 Å². The summed E-state index contributed by atoms with van der Waals surface area (Å²) in [6.07, 6.45) is 2.22. The second-order valence-corrected chi connectivity index (χ2v) is 5.54. The van der Waals surface area contributed by atoms with Gasteiger partial charge in [0.1, 0.15) is 5.75 Å². The molecule has 1 amide bonds. The van der Waals surface area contributed by atoms with Crippen LogP contribution in [0.25, 0.3) is 0 Å². The molecule has 0 aromatic heterocycles. The van der Waals surface area contributed by atoms with Gasteiger partial charge in [0.15, 0.2) is 0 Å². The van der Waals surface area contributed by atoms with Gasteiger partial charge >= 0.3 is 0 Å². The number of hydrogen-bond donors (Lipinski definition) is 1. The number of likely N-dealkylation sites (tertiary alicyclic amines) is 1. The maximum Gasteiger partial charge on any atom is 0.226 e. The quantitative estimate of drug-likeness (QED) is 0.902. The number of amides is 1. The molecule has 0 saturated carbocycles. The van der Waals surface area contributed by atoms with Gasteiger partial charge in [0.25, 0.3) is 0 Å². The Balaban J connectivity index is 1.78. The SMILES string of the molecule is O=C(CCOc1cccc(Br)c1)N1CCCC1CO. The van der Waals surface area contributed by atoms with E-state index in [1.54, 1.807) is 4.90 Å². The van der Waals surface area contributed by atoms with Gasteiger partial charge in [-0.3, -0.25) is 4.79 Å². The molecule has 1 fully saturated rings. The zero-order valence-electron chi connectivity index (χ0n) is 10.7. The molecule has 4 nitrogen and oxygen atoms in total. The summed E-state index contributed by atoms with van der Waals surface area (Å²) in [5.41, 5.74) is 0. The zero-order chi connectivity index (χ0) is 13.7. The van der Waals surface area contributed by atoms with Crippen LogP contribution in [0.3, 0.4) is 0 Å². The number of carbonyl (C=O) groups is 1. The minimum atomic E-state index is -0.00151. The number of nitrogens with zero attached hydrogens (tertiary/aromatic N) is 1. The molecule has 1 aromatic carbocycles. The van der Waals surface area contributed by atoms with E-state index in [1.165, 1.54) is 0 Å². The molecular formula is C14H18BrNO3. The minimum Gasteiger partial charge on any atom is -0.493 e. The van der Waals surface area contributed by atoms with Crippen molar-refractivity contribution in [1.29, 1.82) is 0 Å². The molecule has 2 rings (SSSR count). The topological polar surface area (TPSA) is 49.8 Å². The molecule has 1 heterocycles. The second-order valence-electron chi connectivity index (χ2n) is 4.62. The summed E-state index contributed by atoms with van der Waals surface area (Å²) in [5, 5.41) is 9.19. The minimum absolute atomic E-state index is 0.00151. The van der Waals surface area contributed by atoms with E-state index < -0.39 is 0 Å². The first-order valence-corrected chi connectivity index (χ1v) is 7.28. The fraction of sp³-hybridized carbons (Fsp3) is 0.500. The predicted octanol–water partition coefficient (Wildman–Crippen LogP) is 2.20. The standard InChI is InChI=1S/C14H18BrNO3/c15-11-3-1-5-13(9-11)19-8-6-14(18)16-7-2-4-12(16)10-17/h1,3,5,9,12,17H,2,4,6-8,10H2. The van der Waals surface area contributed by atoms with Crippen molar-refractivity contribution in [3.63, 3.8) is 0 Å². The molecular weight excluding hydrogens is 310 g/mol. The molecule has 5 heteroatoms. The summed E-state index contributed by atoms with van der Waals surface area (Å²) in [4.78, 5) is 13.8. The molecule has 0 radical (unpaired) electrons. The Morgan fingerprint density at radius 3 is 3.11 bits per heavy atom. The van der Waals surface area contributed by atoms with Crippen LogP contribution < -0.4 is 4.74 Å². The van der Waals surface area contributed by atoms with E-state index >= 15 is 0 Å². The van der Waals surface area contributed by atoms with Gasteiger partial charge < -0.3 is 14.7 Å². The van der Waals surface area contributed by atoms with Crippen LogP contribution in [0, 0.1) is 0 Å². The van der Waals surface area contributed by atoms with Crippen molar-refractivity contribution < 1.29 is 14.6 Å². The third-order valence-electron chi connectivity index (χ3n) is 3.29. The Labute approximate surface area is 121 Å². The first-order valence-electron chi connectivity index (χ1n) is 6.49. The highest BCUT2D eigenvalue weighted by Crippen LogP contribution is 2.19. The largest absolute Gasteiger partial charge is 0.493 e. The van der Waals surface area contributed by atoms with Crippen molar-refractivity contribution in [2.24, 2.45) is 0 Å². The Morgan fingerprint density at radius 2 is 2.37 bits per heavy atom. The van der Waals surface area contributed by atoms with E-state index in [2.05, 4.69) is 15.9 Å². The van der Waals surface area contributed by atoms with Gasteiger partial charge in [0, 0.05) is 11.0 Å². The van der Waals surface area contributed by atoms with Gasteiger partial charge in [-0.05, 0) is 31.0 Å². The smallest absolute Gasteiger partial charge is 0.226 e. The van der Waals surface area contributed by atoms with Crippen LogP contribution in [0.2, 0.25) is 0 Å². The lowest BCUT2D eigenvalue weighted by molar-refractivity contribution is -0.133. The van der Waals surface area contributed by atoms with E-state index in [0.717, 1.165) is 29.6 Å². The van der Waals surface area contributed by atoms with Gasteiger partial charge in [-0.25, -0.2) is 0 Å². The Hall–Kier alpha value is -1.07. The molecule has 1 aromatic rings. The number of benzene rings is 1. The fourth-order valence-electron chi connectivity index (χ4n) is 2.31. The third-order valence-corrected chi connectivity index (χ3v) is 3.78. The molecule has 1 aliphatic rings. The maximum atomic E-state index is 12.0. The summed E-state index contributed by atoms with van der Waals surface area (Å²) in [6.45, 7) is 1.17. The van der Waals surface area contributed by atoms with Crippen LogP contribution in [0.1, 0.15) is 19.3 Å². The Kier molecular flexibility index (Phi) is 5.22. The lowest BCUT2D eigenvalue weighted by Crippen LogP contribution is -2.38. The van der Waals surface area contributed by atoms with Crippen LogP contribution in [0.15, 0.2) is 28.7 Å². The van der Waals surface area contributed by atoms with Gasteiger partial charge in [-0.1, -0.05) is 22.0 Å². The van der Waals surface area contributed by atoms with Crippen LogP contribution >= 0.6 is 15.9 Å². The molecule has 0 aliphatic carbocycles. The average Bonchev–Trinajstić information content (AvgIpc) is 2.87. The molecule has 1 saturated heterocycles. The number of ether oxygens (including phenoxy) is 1. The summed E-state index contributed by atoms with van der Waals surface area (Å²) in [5.74, 6) is 0.814. The fourth-order valence-corrected chi connectivity index (χ4v) is 2.69. The number of halogens is 1. The van der Waals surface area contributed by atoms with Crippen molar-refractivity contribution in [2.75, 3.05) is 19.8 Å². The van der Waals surface area contributed by atoms with Crippen molar-refractivity contribution in [3.05, 3.63) is 28.7 Å². The van der Waals surface area contributed by atoms with Crippen LogP contribution in [-0.2, 0) is 4.79 Å². The van der Waals surface area contributed by atoms with Crippen LogP contribution in [0.5, 0.6) is 5.75 Å². The van der Waals surface area contributed by atoms with E-state index in [9.17, 15) is 9.90 Å². The normalized spacial score (nSPS) is 18.6. The van der Waals surface area contributed by atoms with E-state index in [4.69, 9.17) is 4.74 Å². The van der Waals surface area contributed by atoms with E-state index in [-0.39, 0.29) is 18.6 Å². The Bertz CT molecular complexity index is 438. The first kappa shape index (κ1) is 14.3. The highest BCUT2D eigenvalue weighted by molar-refractivity contribution is 9.10. The highest BCUT2D eigenvalue weighted by Gasteiger charge is 2.27. The molecule has 1 unspecified atom stereocenters. The van der Waals surface area contributed by atoms with Crippen molar-refractivity contribution in [1.82, 2.24) is 4.90 Å². The molecule has 1 atom stereocenters. The maximum absolute atomic E-state index is 12.0. The van der Waals surface area contributed by atoms with Crippen molar-refractivity contribution >= 4 is 21.8 Å². The second kappa shape index (κ2) is 6.91. The van der Waals surface area contributed by atoms with Crippen LogP contribution in [0.4, 0.5) is 0 Å². The number of hydrogen-bond acceptors (Lipinski definition) is 3. The first-order chi connectivity index (χ1) is 9.20. The Morgan fingerprint density at radius 1 is 1.53 bits per heavy atom. The summed E-state index contributed by atoms with van der Waals surface area (Å²) in [6, 6.07) is 7.55. The van der Waals surface area contributed by atoms with Gasteiger partial charge in [-0.15, -0.1) is 0 Å². The van der Waals surface area contributed by atoms with Gasteiger partial charge in [0.2, 0.25) is 5.91 Å². The van der Waals surface area contributed by atoms with Crippen molar-refractivity contribution in [3.8, 4) is 5.75 Å². The summed E-state index contributed by atoms with van der Waals surface area (Å²) >= 11 is 3.37. The molecule has 19 heavy (non-hydrogen) atoms. The molecule has 0 bridgehead atoms. The molecule has 0 spiro atoms. The lowest BCUT2D eigenvalue weighted by atomic mass is 10.2. The average molecular weight is 328 g/mol. The third kappa shape index (κ3) is 3.94. The lowest BCUT2D eigenvalue weighted by Gasteiger charge is -2.23. The summed E-state index contributed by atoms with van der Waals surface area (Å²) < 4.78 is 6.50. The van der Waals surface area contributed by atoms with Crippen molar-refractivity contribution in [2.45, 2.75) is 25.3 Å². The van der Waals surface area contributed by atoms with E-state index in [1.807, 2.05) is 24.3 Å². The number of carbonyl (C=O) groups excluding carboxylic acids is 1. The van der Waals surface area contributed by atoms with Gasteiger partial charge in [-0.2, -0.15) is 0 Å².